The number of rotatable bonds is 4. The van der Waals surface area contributed by atoms with Crippen LogP contribution in [-0.4, -0.2) is 26.6 Å². The Labute approximate surface area is 99.3 Å². The fourth-order valence-corrected chi connectivity index (χ4v) is 2.52. The van der Waals surface area contributed by atoms with Gasteiger partial charge < -0.3 is 9.29 Å². The Morgan fingerprint density at radius 2 is 2.18 bits per heavy atom. The van der Waals surface area contributed by atoms with Crippen LogP contribution in [0.2, 0.25) is 0 Å². The number of esters is 1. The lowest BCUT2D eigenvalue weighted by Crippen LogP contribution is -2.32. The van der Waals surface area contributed by atoms with E-state index >= 15 is 0 Å². The van der Waals surface area contributed by atoms with Gasteiger partial charge in [0.15, 0.2) is 6.61 Å². The molecule has 2 bridgehead atoms. The molecule has 4 atom stereocenters. The van der Waals surface area contributed by atoms with Crippen LogP contribution in [-0.2, 0) is 20.6 Å². The predicted molar refractivity (Wildman–Crippen MR) is 55.5 cm³/mol. The second-order valence-electron chi connectivity index (χ2n) is 4.38. The first-order chi connectivity index (χ1) is 7.90. The number of hydrogen-bond donors (Lipinski definition) is 1. The summed E-state index contributed by atoms with van der Waals surface area (Å²) < 4.78 is 48.4. The molecule has 96 valence electrons. The fraction of sp³-hybridized carbons (Fsp3) is 0.700. The third-order valence-electron chi connectivity index (χ3n) is 3.22. The molecule has 7 heteroatoms. The summed E-state index contributed by atoms with van der Waals surface area (Å²) in [4.78, 5) is 11.5. The van der Waals surface area contributed by atoms with Gasteiger partial charge in [-0.15, -0.1) is 0 Å². The number of halogens is 2. The van der Waals surface area contributed by atoms with Gasteiger partial charge in [0.25, 0.3) is 0 Å². The van der Waals surface area contributed by atoms with Crippen molar-refractivity contribution in [1.29, 1.82) is 0 Å². The Hall–Kier alpha value is -0.820. The van der Waals surface area contributed by atoms with Gasteiger partial charge >= 0.3 is 11.2 Å². The zero-order chi connectivity index (χ0) is 12.6. The van der Waals surface area contributed by atoms with Crippen molar-refractivity contribution in [2.24, 2.45) is 17.8 Å². The van der Waals surface area contributed by atoms with E-state index in [1.165, 1.54) is 0 Å². The first-order valence-corrected chi connectivity index (χ1v) is 6.34. The second kappa shape index (κ2) is 4.45. The number of alkyl halides is 2. The minimum Gasteiger partial charge on any atom is -0.458 e. The Balaban J connectivity index is 1.86. The molecule has 2 aliphatic rings. The molecular weight excluding hydrogens is 254 g/mol. The average Bonchev–Trinajstić information content (AvgIpc) is 2.87. The van der Waals surface area contributed by atoms with Crippen LogP contribution in [0.15, 0.2) is 12.2 Å². The van der Waals surface area contributed by atoms with E-state index in [0.717, 1.165) is 6.42 Å². The molecule has 1 N–H and O–H groups in total. The lowest BCUT2D eigenvalue weighted by molar-refractivity contribution is -0.155. The first kappa shape index (κ1) is 12.6. The number of hydrogen-bond acceptors (Lipinski definition) is 3. The summed E-state index contributed by atoms with van der Waals surface area (Å²) in [6.07, 6.45) is 5.41. The molecule has 17 heavy (non-hydrogen) atoms. The molecule has 0 amide bonds. The summed E-state index contributed by atoms with van der Waals surface area (Å²) in [5.41, 5.74) is 0. The van der Waals surface area contributed by atoms with Crippen LogP contribution >= 0.6 is 0 Å². The molecule has 0 aromatic heterocycles. The highest BCUT2D eigenvalue weighted by atomic mass is 32.2. The smallest absolute Gasteiger partial charge is 0.378 e. The van der Waals surface area contributed by atoms with Gasteiger partial charge in [-0.1, -0.05) is 12.2 Å². The highest BCUT2D eigenvalue weighted by Crippen LogP contribution is 2.44. The van der Waals surface area contributed by atoms with Crippen LogP contribution in [0.5, 0.6) is 0 Å². The summed E-state index contributed by atoms with van der Waals surface area (Å²) in [5, 5.41) is -3.90. The number of carbonyl (C=O) groups is 1. The van der Waals surface area contributed by atoms with Crippen LogP contribution in [0.1, 0.15) is 12.8 Å². The van der Waals surface area contributed by atoms with Crippen molar-refractivity contribution in [3.63, 3.8) is 0 Å². The van der Waals surface area contributed by atoms with Crippen molar-refractivity contribution in [1.82, 2.24) is 0 Å². The lowest BCUT2D eigenvalue weighted by Gasteiger charge is -2.18. The summed E-state index contributed by atoms with van der Waals surface area (Å²) in [6, 6.07) is 0. The highest BCUT2D eigenvalue weighted by molar-refractivity contribution is 7.80. The third kappa shape index (κ3) is 2.55. The van der Waals surface area contributed by atoms with Gasteiger partial charge in [-0.2, -0.15) is 8.78 Å². The molecular formula is C10H12F2O4S. The van der Waals surface area contributed by atoms with Gasteiger partial charge in [-0.3, -0.25) is 4.79 Å². The minimum absolute atomic E-state index is 0.0701. The Kier molecular flexibility index (Phi) is 3.31. The maximum Gasteiger partial charge on any atom is 0.378 e. The second-order valence-corrected chi connectivity index (χ2v) is 5.48. The van der Waals surface area contributed by atoms with Gasteiger partial charge in [-0.05, 0) is 24.7 Å². The highest BCUT2D eigenvalue weighted by Gasteiger charge is 2.43. The Morgan fingerprint density at radius 1 is 1.47 bits per heavy atom. The molecule has 0 saturated heterocycles. The van der Waals surface area contributed by atoms with Gasteiger partial charge in [0.05, 0.1) is 5.92 Å². The molecule has 0 spiro atoms. The van der Waals surface area contributed by atoms with E-state index < -0.39 is 28.9 Å². The molecule has 1 fully saturated rings. The van der Waals surface area contributed by atoms with Crippen molar-refractivity contribution in [2.45, 2.75) is 18.1 Å². The maximum atomic E-state index is 12.7. The van der Waals surface area contributed by atoms with E-state index in [1.807, 2.05) is 12.2 Å². The molecule has 4 unspecified atom stereocenters. The van der Waals surface area contributed by atoms with E-state index in [-0.39, 0.29) is 11.8 Å². The van der Waals surface area contributed by atoms with Crippen molar-refractivity contribution in [2.75, 3.05) is 6.61 Å². The maximum absolute atomic E-state index is 12.7. The van der Waals surface area contributed by atoms with Gasteiger partial charge in [0.1, 0.15) is 0 Å². The van der Waals surface area contributed by atoms with Gasteiger partial charge in [0, 0.05) is 0 Å². The van der Waals surface area contributed by atoms with Gasteiger partial charge in [-0.25, -0.2) is 4.21 Å². The largest absolute Gasteiger partial charge is 0.458 e. The van der Waals surface area contributed by atoms with Crippen LogP contribution in [0.25, 0.3) is 0 Å². The monoisotopic (exact) mass is 266 g/mol. The number of carbonyl (C=O) groups excluding carboxylic acids is 1. The van der Waals surface area contributed by atoms with E-state index in [4.69, 9.17) is 4.55 Å². The molecule has 1 saturated carbocycles. The van der Waals surface area contributed by atoms with Crippen molar-refractivity contribution in [3.05, 3.63) is 12.2 Å². The Bertz CT molecular complexity index is 383. The Morgan fingerprint density at radius 3 is 2.65 bits per heavy atom. The standard InChI is InChI=1S/C10H12F2O4S/c11-10(12,17(14)15)5-16-9(13)8-4-6-1-2-7(8)3-6/h1-2,6-8H,3-5H2,(H,14,15). The van der Waals surface area contributed by atoms with Gasteiger partial charge in [0.2, 0.25) is 11.1 Å². The predicted octanol–water partition coefficient (Wildman–Crippen LogP) is 1.56. The summed E-state index contributed by atoms with van der Waals surface area (Å²) in [6.45, 7) is -1.34. The molecule has 0 aromatic rings. The van der Waals surface area contributed by atoms with E-state index in [2.05, 4.69) is 4.74 Å². The molecule has 0 aromatic carbocycles. The fourth-order valence-electron chi connectivity index (χ4n) is 2.36. The van der Waals surface area contributed by atoms with E-state index in [9.17, 15) is 17.8 Å². The molecule has 2 rings (SSSR count). The zero-order valence-corrected chi connectivity index (χ0v) is 9.66. The SMILES string of the molecule is O=C(OCC(F)(F)S(=O)O)C1CC2C=CC1C2. The van der Waals surface area contributed by atoms with E-state index in [0.29, 0.717) is 12.3 Å². The van der Waals surface area contributed by atoms with Crippen molar-refractivity contribution >= 4 is 17.0 Å². The van der Waals surface area contributed by atoms with Crippen molar-refractivity contribution in [3.8, 4) is 0 Å². The van der Waals surface area contributed by atoms with Crippen LogP contribution in [0, 0.1) is 17.8 Å². The number of ether oxygens (including phenoxy) is 1. The minimum atomic E-state index is -3.90. The molecule has 0 aliphatic heterocycles. The summed E-state index contributed by atoms with van der Waals surface area (Å²) in [5.74, 6) is -0.675. The first-order valence-electron chi connectivity index (χ1n) is 5.24. The van der Waals surface area contributed by atoms with Crippen LogP contribution in [0.3, 0.4) is 0 Å². The molecule has 2 aliphatic carbocycles. The third-order valence-corrected chi connectivity index (χ3v) is 3.85. The topological polar surface area (TPSA) is 63.6 Å². The average molecular weight is 266 g/mol. The number of allylic oxidation sites excluding steroid dienone is 2. The lowest BCUT2D eigenvalue weighted by atomic mass is 9.94. The summed E-state index contributed by atoms with van der Waals surface area (Å²) >= 11 is -3.32. The molecule has 4 nitrogen and oxygen atoms in total. The zero-order valence-electron chi connectivity index (χ0n) is 8.84. The van der Waals surface area contributed by atoms with Crippen molar-refractivity contribution < 1.29 is 27.1 Å². The van der Waals surface area contributed by atoms with Crippen LogP contribution < -0.4 is 0 Å². The van der Waals surface area contributed by atoms with Crippen LogP contribution in [0.4, 0.5) is 8.78 Å². The normalized spacial score (nSPS) is 32.8. The quantitative estimate of drug-likeness (QED) is 0.476. The molecule has 0 heterocycles. The molecule has 0 radical (unpaired) electrons. The number of fused-ring (bicyclic) bond motifs is 2. The summed E-state index contributed by atoms with van der Waals surface area (Å²) in [7, 11) is 0. The van der Waals surface area contributed by atoms with E-state index in [1.54, 1.807) is 0 Å².